The summed E-state index contributed by atoms with van der Waals surface area (Å²) in [5.41, 5.74) is 10.2. The smallest absolute Gasteiger partial charge is 0.272 e. The number of nitrogens with zero attached hydrogens (tertiary/aromatic N) is 1. The summed E-state index contributed by atoms with van der Waals surface area (Å²) < 4.78 is 1.77. The molecule has 5 rings (SSSR count). The van der Waals surface area contributed by atoms with Crippen LogP contribution in [0.1, 0.15) is 34.0 Å². The standard InChI is InChI=1S/C27H26N4O2/c28-23-15-22(23)19-10-12-21(13-11-19)30-27(33)25-14-20-8-4-5-9-24(20)31(25)17-26(32)29-16-18-6-2-1-3-7-18/h1-14,22-23H,15-17,28H2,(H,29,32)(H,30,33)/t22-,23+/m0/s1. The summed E-state index contributed by atoms with van der Waals surface area (Å²) in [6, 6.07) is 27.3. The van der Waals surface area contributed by atoms with E-state index in [0.717, 1.165) is 22.9 Å². The van der Waals surface area contributed by atoms with Crippen molar-refractivity contribution < 1.29 is 9.59 Å². The minimum absolute atomic E-state index is 0.0571. The molecule has 4 N–H and O–H groups in total. The molecular weight excluding hydrogens is 412 g/mol. The predicted octanol–water partition coefficient (Wildman–Crippen LogP) is 4.02. The van der Waals surface area contributed by atoms with E-state index >= 15 is 0 Å². The number of carbonyl (C=O) groups is 2. The number of hydrogen-bond acceptors (Lipinski definition) is 3. The normalized spacial score (nSPS) is 17.0. The number of amides is 2. The van der Waals surface area contributed by atoms with E-state index in [-0.39, 0.29) is 24.4 Å². The molecule has 1 saturated carbocycles. The maximum absolute atomic E-state index is 13.2. The highest BCUT2D eigenvalue weighted by Crippen LogP contribution is 2.39. The number of nitrogens with one attached hydrogen (secondary N) is 2. The summed E-state index contributed by atoms with van der Waals surface area (Å²) in [6.45, 7) is 0.499. The zero-order valence-electron chi connectivity index (χ0n) is 18.2. The van der Waals surface area contributed by atoms with Gasteiger partial charge in [-0.1, -0.05) is 60.7 Å². The van der Waals surface area contributed by atoms with Crippen molar-refractivity contribution in [2.75, 3.05) is 5.32 Å². The van der Waals surface area contributed by atoms with Crippen LogP contribution in [0.4, 0.5) is 5.69 Å². The maximum atomic E-state index is 13.2. The molecule has 0 spiro atoms. The molecular formula is C27H26N4O2. The number of nitrogens with two attached hydrogens (primary N) is 1. The number of hydrogen-bond donors (Lipinski definition) is 3. The maximum Gasteiger partial charge on any atom is 0.272 e. The van der Waals surface area contributed by atoms with Crippen molar-refractivity contribution >= 4 is 28.4 Å². The molecule has 2 atom stereocenters. The summed E-state index contributed by atoms with van der Waals surface area (Å²) in [7, 11) is 0. The van der Waals surface area contributed by atoms with Crippen LogP contribution in [0.15, 0.2) is 84.9 Å². The van der Waals surface area contributed by atoms with Gasteiger partial charge < -0.3 is 20.9 Å². The number of para-hydroxylation sites is 1. The van der Waals surface area contributed by atoms with Crippen molar-refractivity contribution in [3.8, 4) is 0 Å². The molecule has 6 heteroatoms. The molecule has 2 amide bonds. The molecule has 1 aliphatic rings. The molecule has 0 bridgehead atoms. The lowest BCUT2D eigenvalue weighted by atomic mass is 10.1. The highest BCUT2D eigenvalue weighted by Gasteiger charge is 2.34. The Balaban J connectivity index is 1.33. The average molecular weight is 439 g/mol. The fraction of sp³-hybridized carbons (Fsp3) is 0.185. The van der Waals surface area contributed by atoms with Crippen LogP contribution in [0.5, 0.6) is 0 Å². The Morgan fingerprint density at radius 1 is 0.939 bits per heavy atom. The minimum atomic E-state index is -0.252. The second kappa shape index (κ2) is 8.92. The second-order valence-corrected chi connectivity index (χ2v) is 8.52. The number of rotatable bonds is 7. The van der Waals surface area contributed by atoms with Crippen LogP contribution in [0.3, 0.4) is 0 Å². The van der Waals surface area contributed by atoms with Crippen LogP contribution in [0.2, 0.25) is 0 Å². The number of aromatic nitrogens is 1. The molecule has 6 nitrogen and oxygen atoms in total. The molecule has 1 heterocycles. The van der Waals surface area contributed by atoms with Gasteiger partial charge in [0.05, 0.1) is 0 Å². The van der Waals surface area contributed by atoms with Crippen molar-refractivity contribution in [1.82, 2.24) is 9.88 Å². The van der Waals surface area contributed by atoms with Crippen LogP contribution in [-0.4, -0.2) is 22.4 Å². The first-order chi connectivity index (χ1) is 16.1. The van der Waals surface area contributed by atoms with Gasteiger partial charge in [-0.15, -0.1) is 0 Å². The van der Waals surface area contributed by atoms with Gasteiger partial charge in [-0.05, 0) is 41.8 Å². The van der Waals surface area contributed by atoms with Crippen molar-refractivity contribution in [2.45, 2.75) is 31.5 Å². The quantitative estimate of drug-likeness (QED) is 0.407. The second-order valence-electron chi connectivity index (χ2n) is 8.52. The lowest BCUT2D eigenvalue weighted by Gasteiger charge is -2.12. The Hall–Kier alpha value is -3.90. The van der Waals surface area contributed by atoms with Gasteiger partial charge in [0.2, 0.25) is 5.91 Å². The summed E-state index contributed by atoms with van der Waals surface area (Å²) in [5, 5.41) is 6.82. The molecule has 166 valence electrons. The van der Waals surface area contributed by atoms with Gasteiger partial charge in [-0.3, -0.25) is 9.59 Å². The third-order valence-electron chi connectivity index (χ3n) is 6.11. The van der Waals surface area contributed by atoms with Crippen LogP contribution in [-0.2, 0) is 17.9 Å². The Bertz CT molecular complexity index is 1290. The van der Waals surface area contributed by atoms with E-state index in [1.165, 1.54) is 5.56 Å². The fourth-order valence-electron chi connectivity index (χ4n) is 4.17. The van der Waals surface area contributed by atoms with Crippen LogP contribution >= 0.6 is 0 Å². The zero-order chi connectivity index (χ0) is 22.8. The SMILES string of the molecule is N[C@@H]1C[C@H]1c1ccc(NC(=O)c2cc3ccccc3n2CC(=O)NCc2ccccc2)cc1. The lowest BCUT2D eigenvalue weighted by molar-refractivity contribution is -0.121. The monoisotopic (exact) mass is 438 g/mol. The first-order valence-electron chi connectivity index (χ1n) is 11.1. The van der Waals surface area contributed by atoms with Gasteiger partial charge >= 0.3 is 0 Å². The number of anilines is 1. The number of benzene rings is 3. The number of carbonyl (C=O) groups excluding carboxylic acids is 2. The molecule has 1 aromatic heterocycles. The van der Waals surface area contributed by atoms with E-state index in [9.17, 15) is 9.59 Å². The largest absolute Gasteiger partial charge is 0.350 e. The van der Waals surface area contributed by atoms with E-state index in [0.29, 0.717) is 23.8 Å². The molecule has 1 fully saturated rings. The highest BCUT2D eigenvalue weighted by atomic mass is 16.2. The van der Waals surface area contributed by atoms with E-state index in [2.05, 4.69) is 10.6 Å². The van der Waals surface area contributed by atoms with Crippen molar-refractivity contribution in [3.05, 3.63) is 102 Å². The highest BCUT2D eigenvalue weighted by molar-refractivity contribution is 6.06. The predicted molar refractivity (Wildman–Crippen MR) is 130 cm³/mol. The lowest BCUT2D eigenvalue weighted by Crippen LogP contribution is -2.29. The molecule has 0 aliphatic heterocycles. The van der Waals surface area contributed by atoms with Crippen LogP contribution in [0, 0.1) is 0 Å². The van der Waals surface area contributed by atoms with E-state index in [1.54, 1.807) is 4.57 Å². The first-order valence-corrected chi connectivity index (χ1v) is 11.1. The molecule has 0 radical (unpaired) electrons. The third-order valence-corrected chi connectivity index (χ3v) is 6.11. The van der Waals surface area contributed by atoms with Crippen LogP contribution < -0.4 is 16.4 Å². The van der Waals surface area contributed by atoms with Gasteiger partial charge in [0.25, 0.3) is 5.91 Å². The zero-order valence-corrected chi connectivity index (χ0v) is 18.2. The summed E-state index contributed by atoms with van der Waals surface area (Å²) >= 11 is 0. The van der Waals surface area contributed by atoms with Crippen molar-refractivity contribution in [3.63, 3.8) is 0 Å². The summed E-state index contributed by atoms with van der Waals surface area (Å²) in [6.07, 6.45) is 1.01. The van der Waals surface area contributed by atoms with Gasteiger partial charge in [-0.25, -0.2) is 0 Å². The van der Waals surface area contributed by atoms with Crippen molar-refractivity contribution in [1.29, 1.82) is 0 Å². The molecule has 4 aromatic rings. The molecule has 1 aliphatic carbocycles. The van der Waals surface area contributed by atoms with Gasteiger partial charge in [0.1, 0.15) is 12.2 Å². The van der Waals surface area contributed by atoms with Crippen LogP contribution in [0.25, 0.3) is 10.9 Å². The molecule has 33 heavy (non-hydrogen) atoms. The number of fused-ring (bicyclic) bond motifs is 1. The molecule has 0 unspecified atom stereocenters. The third kappa shape index (κ3) is 4.66. The molecule has 0 saturated heterocycles. The Morgan fingerprint density at radius 3 is 2.36 bits per heavy atom. The van der Waals surface area contributed by atoms with E-state index in [4.69, 9.17) is 5.73 Å². The van der Waals surface area contributed by atoms with E-state index < -0.39 is 0 Å². The summed E-state index contributed by atoms with van der Waals surface area (Å²) in [5.74, 6) is 0.0176. The first kappa shape index (κ1) is 21.0. The van der Waals surface area contributed by atoms with E-state index in [1.807, 2.05) is 84.9 Å². The van der Waals surface area contributed by atoms with Gasteiger partial charge in [-0.2, -0.15) is 0 Å². The van der Waals surface area contributed by atoms with Crippen molar-refractivity contribution in [2.24, 2.45) is 5.73 Å². The topological polar surface area (TPSA) is 89.2 Å². The molecule has 3 aromatic carbocycles. The Labute approximate surface area is 192 Å². The van der Waals surface area contributed by atoms with Gasteiger partial charge in [0, 0.05) is 35.1 Å². The van der Waals surface area contributed by atoms with Gasteiger partial charge in [0.15, 0.2) is 0 Å². The Kier molecular flexibility index (Phi) is 5.67. The summed E-state index contributed by atoms with van der Waals surface area (Å²) in [4.78, 5) is 25.9. The minimum Gasteiger partial charge on any atom is -0.350 e. The Morgan fingerprint density at radius 2 is 1.64 bits per heavy atom. The average Bonchev–Trinajstić information content (AvgIpc) is 3.46. The fourth-order valence-corrected chi connectivity index (χ4v) is 4.17.